The van der Waals surface area contributed by atoms with Crippen molar-refractivity contribution in [3.8, 4) is 0 Å². The number of piperidine rings is 1. The lowest BCUT2D eigenvalue weighted by atomic mass is 10.00. The van der Waals surface area contributed by atoms with Crippen LogP contribution in [0.2, 0.25) is 0 Å². The number of fused-ring (bicyclic) bond motifs is 1. The van der Waals surface area contributed by atoms with E-state index >= 15 is 0 Å². The number of urea groups is 1. The van der Waals surface area contributed by atoms with Gasteiger partial charge in [0.2, 0.25) is 5.91 Å². The monoisotopic (exact) mass is 455 g/mol. The first kappa shape index (κ1) is 22.3. The standard InChI is InChI=1S/C24H29N3O4S/c1-4-19-9-7-8-14-25(19)23(28)16-26-21-10-5-6-11-22(21)32(30,31)27(24(26)29)20-13-12-17(2)18(3)15-20/h5-6,10-13,15,19H,4,7-9,14,16H2,1-3H3/t19-/m0/s1. The van der Waals surface area contributed by atoms with E-state index in [0.717, 1.165) is 41.1 Å². The quantitative estimate of drug-likeness (QED) is 0.691. The number of anilines is 2. The molecule has 7 nitrogen and oxygen atoms in total. The lowest BCUT2D eigenvalue weighted by Gasteiger charge is -2.39. The van der Waals surface area contributed by atoms with Crippen molar-refractivity contribution in [3.63, 3.8) is 0 Å². The Kier molecular flexibility index (Phi) is 5.99. The number of likely N-dealkylation sites (tertiary alicyclic amines) is 1. The molecule has 0 radical (unpaired) electrons. The average molecular weight is 456 g/mol. The Morgan fingerprint density at radius 3 is 2.53 bits per heavy atom. The molecule has 2 aromatic carbocycles. The van der Waals surface area contributed by atoms with Gasteiger partial charge in [-0.2, -0.15) is 4.31 Å². The van der Waals surface area contributed by atoms with Gasteiger partial charge in [-0.25, -0.2) is 13.2 Å². The van der Waals surface area contributed by atoms with Crippen LogP contribution in [-0.2, 0) is 14.8 Å². The molecule has 2 aromatic rings. The molecule has 0 spiro atoms. The first-order chi connectivity index (χ1) is 15.3. The predicted molar refractivity (Wildman–Crippen MR) is 124 cm³/mol. The molecule has 1 atom stereocenters. The maximum atomic E-state index is 13.6. The highest BCUT2D eigenvalue weighted by Crippen LogP contribution is 2.37. The number of hydrogen-bond acceptors (Lipinski definition) is 4. The normalized spacial score (nSPS) is 20.3. The van der Waals surface area contributed by atoms with Gasteiger partial charge in [-0.3, -0.25) is 9.69 Å². The number of sulfonamides is 1. The van der Waals surface area contributed by atoms with Gasteiger partial charge in [0.05, 0.1) is 11.4 Å². The maximum absolute atomic E-state index is 13.6. The molecular formula is C24H29N3O4S. The van der Waals surface area contributed by atoms with Gasteiger partial charge in [0, 0.05) is 12.6 Å². The molecule has 0 bridgehead atoms. The molecule has 0 aromatic heterocycles. The summed E-state index contributed by atoms with van der Waals surface area (Å²) in [7, 11) is -4.11. The first-order valence-corrected chi connectivity index (χ1v) is 12.5. The van der Waals surface area contributed by atoms with Gasteiger partial charge in [0.1, 0.15) is 11.4 Å². The van der Waals surface area contributed by atoms with Gasteiger partial charge in [0.25, 0.3) is 10.0 Å². The third-order valence-electron chi connectivity index (χ3n) is 6.52. The van der Waals surface area contributed by atoms with Gasteiger partial charge in [-0.05, 0) is 74.9 Å². The molecule has 0 unspecified atom stereocenters. The zero-order chi connectivity index (χ0) is 23.0. The van der Waals surface area contributed by atoms with E-state index in [9.17, 15) is 18.0 Å². The smallest absolute Gasteiger partial charge is 0.338 e. The number of carbonyl (C=O) groups excluding carboxylic acids is 2. The number of rotatable bonds is 4. The Hall–Kier alpha value is -2.87. The van der Waals surface area contributed by atoms with Crippen LogP contribution in [-0.4, -0.2) is 44.4 Å². The minimum Gasteiger partial charge on any atom is -0.338 e. The summed E-state index contributed by atoms with van der Waals surface area (Å²) in [4.78, 5) is 30.0. The summed E-state index contributed by atoms with van der Waals surface area (Å²) in [6, 6.07) is 10.9. The molecule has 0 saturated carbocycles. The SMILES string of the molecule is CC[C@H]1CCCCN1C(=O)CN1C(=O)N(c2ccc(C)c(C)c2)S(=O)(=O)c2ccccc21. The van der Waals surface area contributed by atoms with Crippen molar-refractivity contribution in [3.05, 3.63) is 53.6 Å². The molecule has 8 heteroatoms. The molecule has 1 fully saturated rings. The number of para-hydroxylation sites is 1. The number of carbonyl (C=O) groups is 2. The number of nitrogens with zero attached hydrogens (tertiary/aromatic N) is 3. The van der Waals surface area contributed by atoms with E-state index in [-0.39, 0.29) is 34.8 Å². The van der Waals surface area contributed by atoms with Crippen molar-refractivity contribution in [1.82, 2.24) is 4.90 Å². The molecule has 2 aliphatic rings. The Morgan fingerprint density at radius 2 is 1.81 bits per heavy atom. The largest absolute Gasteiger partial charge is 0.343 e. The Labute approximate surface area is 189 Å². The van der Waals surface area contributed by atoms with Crippen LogP contribution in [0.1, 0.15) is 43.7 Å². The lowest BCUT2D eigenvalue weighted by Crippen LogP contribution is -2.55. The zero-order valence-corrected chi connectivity index (χ0v) is 19.6. The Morgan fingerprint density at radius 1 is 1.06 bits per heavy atom. The van der Waals surface area contributed by atoms with Gasteiger partial charge in [0.15, 0.2) is 0 Å². The van der Waals surface area contributed by atoms with Crippen molar-refractivity contribution < 1.29 is 18.0 Å². The minimum atomic E-state index is -4.11. The van der Waals surface area contributed by atoms with Crippen LogP contribution in [0.5, 0.6) is 0 Å². The van der Waals surface area contributed by atoms with Crippen molar-refractivity contribution in [1.29, 1.82) is 0 Å². The van der Waals surface area contributed by atoms with Crippen molar-refractivity contribution in [2.24, 2.45) is 0 Å². The van der Waals surface area contributed by atoms with Crippen LogP contribution in [0.4, 0.5) is 16.2 Å². The second-order valence-electron chi connectivity index (χ2n) is 8.52. The topological polar surface area (TPSA) is 78.0 Å². The van der Waals surface area contributed by atoms with Crippen LogP contribution in [0, 0.1) is 13.8 Å². The van der Waals surface area contributed by atoms with Gasteiger partial charge in [-0.15, -0.1) is 0 Å². The highest BCUT2D eigenvalue weighted by atomic mass is 32.2. The van der Waals surface area contributed by atoms with Crippen molar-refractivity contribution in [2.75, 3.05) is 22.3 Å². The van der Waals surface area contributed by atoms with E-state index in [1.54, 1.807) is 36.4 Å². The summed E-state index contributed by atoms with van der Waals surface area (Å²) in [5.74, 6) is -0.154. The molecule has 2 aliphatic heterocycles. The van der Waals surface area contributed by atoms with E-state index in [2.05, 4.69) is 6.92 Å². The molecule has 2 heterocycles. The van der Waals surface area contributed by atoms with E-state index < -0.39 is 16.1 Å². The van der Waals surface area contributed by atoms with Crippen LogP contribution >= 0.6 is 0 Å². The molecule has 170 valence electrons. The Balaban J connectivity index is 1.76. The van der Waals surface area contributed by atoms with Crippen molar-refractivity contribution in [2.45, 2.75) is 57.4 Å². The van der Waals surface area contributed by atoms with Crippen LogP contribution < -0.4 is 9.21 Å². The fourth-order valence-corrected chi connectivity index (χ4v) is 6.13. The molecule has 0 N–H and O–H groups in total. The average Bonchev–Trinajstić information content (AvgIpc) is 2.78. The number of benzene rings is 2. The van der Waals surface area contributed by atoms with Gasteiger partial charge < -0.3 is 4.90 Å². The third-order valence-corrected chi connectivity index (χ3v) is 8.26. The van der Waals surface area contributed by atoms with Crippen molar-refractivity contribution >= 4 is 33.3 Å². The summed E-state index contributed by atoms with van der Waals surface area (Å²) in [5, 5.41) is 0. The van der Waals surface area contributed by atoms with E-state index in [1.165, 1.54) is 11.0 Å². The predicted octanol–water partition coefficient (Wildman–Crippen LogP) is 4.23. The number of aryl methyl sites for hydroxylation is 2. The third kappa shape index (κ3) is 3.77. The Bertz CT molecular complexity index is 1160. The fraction of sp³-hybridized carbons (Fsp3) is 0.417. The summed E-state index contributed by atoms with van der Waals surface area (Å²) in [5.41, 5.74) is 2.40. The van der Waals surface area contributed by atoms with Crippen LogP contribution in [0.15, 0.2) is 47.4 Å². The van der Waals surface area contributed by atoms with Gasteiger partial charge >= 0.3 is 6.03 Å². The van der Waals surface area contributed by atoms with E-state index in [4.69, 9.17) is 0 Å². The fourth-order valence-electron chi connectivity index (χ4n) is 4.55. The maximum Gasteiger partial charge on any atom is 0.343 e. The zero-order valence-electron chi connectivity index (χ0n) is 18.7. The number of hydrogen-bond donors (Lipinski definition) is 0. The van der Waals surface area contributed by atoms with E-state index in [1.807, 2.05) is 18.7 Å². The summed E-state index contributed by atoms with van der Waals surface area (Å²) in [6.07, 6.45) is 3.85. The molecular weight excluding hydrogens is 426 g/mol. The van der Waals surface area contributed by atoms with E-state index in [0.29, 0.717) is 6.54 Å². The summed E-state index contributed by atoms with van der Waals surface area (Å²) >= 11 is 0. The molecule has 32 heavy (non-hydrogen) atoms. The molecule has 4 rings (SSSR count). The lowest BCUT2D eigenvalue weighted by molar-refractivity contribution is -0.133. The summed E-state index contributed by atoms with van der Waals surface area (Å²) in [6.45, 7) is 6.33. The highest BCUT2D eigenvalue weighted by molar-refractivity contribution is 7.94. The second kappa shape index (κ2) is 8.58. The molecule has 1 saturated heterocycles. The van der Waals surface area contributed by atoms with Crippen LogP contribution in [0.3, 0.4) is 0 Å². The molecule has 0 aliphatic carbocycles. The number of amides is 3. The van der Waals surface area contributed by atoms with Crippen LogP contribution in [0.25, 0.3) is 0 Å². The molecule has 3 amide bonds. The minimum absolute atomic E-state index is 0.0244. The summed E-state index contributed by atoms with van der Waals surface area (Å²) < 4.78 is 27.7. The second-order valence-corrected chi connectivity index (χ2v) is 10.3. The van der Waals surface area contributed by atoms with Gasteiger partial charge in [-0.1, -0.05) is 25.1 Å². The first-order valence-electron chi connectivity index (χ1n) is 11.1. The highest BCUT2D eigenvalue weighted by Gasteiger charge is 2.43.